The fourth-order valence-corrected chi connectivity index (χ4v) is 2.08. The molecule has 2 nitrogen and oxygen atoms in total. The third-order valence-electron chi connectivity index (χ3n) is 3.18. The van der Waals surface area contributed by atoms with Crippen molar-refractivity contribution in [3.8, 4) is 0 Å². The van der Waals surface area contributed by atoms with E-state index in [9.17, 15) is 5.11 Å². The first kappa shape index (κ1) is 16.1. The first-order valence-corrected chi connectivity index (χ1v) is 6.71. The maximum atomic E-state index is 10.7. The van der Waals surface area contributed by atoms with Gasteiger partial charge in [-0.15, -0.1) is 0 Å². The van der Waals surface area contributed by atoms with E-state index in [0.29, 0.717) is 0 Å². The maximum Gasteiger partial charge on any atom is 0.106 e. The molecule has 0 saturated carbocycles. The van der Waals surface area contributed by atoms with Crippen molar-refractivity contribution in [2.24, 2.45) is 0 Å². The molecular weight excluding hydrogens is 313 g/mol. The van der Waals surface area contributed by atoms with E-state index in [1.807, 2.05) is 46.9 Å². The standard InChI is InChI=1S/C13H24INO/c1-6-11(3)13(16,12(4)7-2)9-8-10-15(5)14/h6-7,16H,8-10H2,1-5H3/b11-6-,12-7+. The van der Waals surface area contributed by atoms with Crippen molar-refractivity contribution in [3.05, 3.63) is 23.3 Å². The van der Waals surface area contributed by atoms with Crippen LogP contribution in [0.2, 0.25) is 0 Å². The van der Waals surface area contributed by atoms with Crippen molar-refractivity contribution in [3.63, 3.8) is 0 Å². The van der Waals surface area contributed by atoms with Gasteiger partial charge in [0.15, 0.2) is 0 Å². The monoisotopic (exact) mass is 337 g/mol. The molecule has 0 heterocycles. The van der Waals surface area contributed by atoms with E-state index in [2.05, 4.69) is 26.0 Å². The van der Waals surface area contributed by atoms with Crippen molar-refractivity contribution < 1.29 is 5.11 Å². The van der Waals surface area contributed by atoms with E-state index < -0.39 is 5.60 Å². The molecule has 0 aromatic rings. The third kappa shape index (κ3) is 4.55. The molecule has 1 atom stereocenters. The summed E-state index contributed by atoms with van der Waals surface area (Å²) in [7, 11) is 2.05. The van der Waals surface area contributed by atoms with Crippen molar-refractivity contribution in [1.82, 2.24) is 3.11 Å². The molecule has 0 aliphatic rings. The molecule has 0 fully saturated rings. The van der Waals surface area contributed by atoms with Gasteiger partial charge in [0.25, 0.3) is 0 Å². The molecule has 0 aliphatic carbocycles. The Kier molecular flexibility index (Phi) is 7.52. The van der Waals surface area contributed by atoms with Gasteiger partial charge in [-0.3, -0.25) is 3.11 Å². The number of halogens is 1. The number of nitrogens with zero attached hydrogens (tertiary/aromatic N) is 1. The average Bonchev–Trinajstić information content (AvgIpc) is 2.25. The summed E-state index contributed by atoms with van der Waals surface area (Å²) in [4.78, 5) is 0. The molecule has 1 unspecified atom stereocenters. The van der Waals surface area contributed by atoms with Crippen LogP contribution in [0.15, 0.2) is 23.3 Å². The summed E-state index contributed by atoms with van der Waals surface area (Å²) in [6, 6.07) is 0. The highest BCUT2D eigenvalue weighted by atomic mass is 127. The Balaban J connectivity index is 4.70. The second-order valence-electron chi connectivity index (χ2n) is 4.24. The van der Waals surface area contributed by atoms with Crippen molar-refractivity contribution in [1.29, 1.82) is 0 Å². The SMILES string of the molecule is C/C=C(/C)C(O)(CCCN(C)I)/C(C)=C/C. The minimum atomic E-state index is -0.754. The molecule has 0 bridgehead atoms. The fourth-order valence-electron chi connectivity index (χ4n) is 1.74. The molecular formula is C13H24INO. The lowest BCUT2D eigenvalue weighted by Crippen LogP contribution is -2.32. The van der Waals surface area contributed by atoms with Gasteiger partial charge in [0.2, 0.25) is 0 Å². The molecule has 94 valence electrons. The maximum absolute atomic E-state index is 10.7. The Hall–Kier alpha value is 0.130. The van der Waals surface area contributed by atoms with Gasteiger partial charge >= 0.3 is 0 Å². The molecule has 0 aromatic heterocycles. The van der Waals surface area contributed by atoms with Crippen LogP contribution in [0.1, 0.15) is 40.5 Å². The highest BCUT2D eigenvalue weighted by Crippen LogP contribution is 2.30. The van der Waals surface area contributed by atoms with Gasteiger partial charge in [-0.25, -0.2) is 0 Å². The van der Waals surface area contributed by atoms with Crippen molar-refractivity contribution >= 4 is 22.9 Å². The summed E-state index contributed by atoms with van der Waals surface area (Å²) >= 11 is 2.27. The van der Waals surface area contributed by atoms with E-state index >= 15 is 0 Å². The van der Waals surface area contributed by atoms with Gasteiger partial charge in [-0.1, -0.05) is 12.2 Å². The minimum Gasteiger partial charge on any atom is -0.381 e. The van der Waals surface area contributed by atoms with Crippen LogP contribution in [-0.4, -0.2) is 27.4 Å². The number of rotatable bonds is 6. The highest BCUT2D eigenvalue weighted by molar-refractivity contribution is 14.1. The number of allylic oxidation sites excluding steroid dienone is 2. The zero-order valence-corrected chi connectivity index (χ0v) is 13.2. The van der Waals surface area contributed by atoms with Crippen LogP contribution < -0.4 is 0 Å². The molecule has 0 saturated heterocycles. The lowest BCUT2D eigenvalue weighted by molar-refractivity contribution is 0.103. The van der Waals surface area contributed by atoms with E-state index in [4.69, 9.17) is 0 Å². The lowest BCUT2D eigenvalue weighted by Gasteiger charge is -2.31. The van der Waals surface area contributed by atoms with Gasteiger partial charge in [0.05, 0.1) is 0 Å². The van der Waals surface area contributed by atoms with Gasteiger partial charge in [0.1, 0.15) is 5.60 Å². The molecule has 3 heteroatoms. The Morgan fingerprint density at radius 1 is 1.25 bits per heavy atom. The zero-order chi connectivity index (χ0) is 12.8. The predicted octanol–water partition coefficient (Wildman–Crippen LogP) is 3.71. The van der Waals surface area contributed by atoms with Crippen LogP contribution in [-0.2, 0) is 0 Å². The third-order valence-corrected chi connectivity index (χ3v) is 3.66. The minimum absolute atomic E-state index is 0.754. The van der Waals surface area contributed by atoms with Gasteiger partial charge in [-0.05, 0) is 58.7 Å². The Bertz CT molecular complexity index is 251. The van der Waals surface area contributed by atoms with Crippen LogP contribution in [0.3, 0.4) is 0 Å². The van der Waals surface area contributed by atoms with E-state index in [-0.39, 0.29) is 0 Å². The zero-order valence-electron chi connectivity index (χ0n) is 11.0. The second kappa shape index (κ2) is 7.45. The summed E-state index contributed by atoms with van der Waals surface area (Å²) in [5.41, 5.74) is 1.33. The quantitative estimate of drug-likeness (QED) is 0.454. The van der Waals surface area contributed by atoms with Crippen LogP contribution in [0.4, 0.5) is 0 Å². The smallest absolute Gasteiger partial charge is 0.106 e. The van der Waals surface area contributed by atoms with Crippen LogP contribution in [0.5, 0.6) is 0 Å². The Morgan fingerprint density at radius 3 is 2.00 bits per heavy atom. The molecule has 16 heavy (non-hydrogen) atoms. The first-order chi connectivity index (χ1) is 7.38. The Labute approximate surface area is 114 Å². The molecule has 0 aliphatic heterocycles. The van der Waals surface area contributed by atoms with E-state index in [1.54, 1.807) is 0 Å². The van der Waals surface area contributed by atoms with Crippen LogP contribution in [0, 0.1) is 0 Å². The normalized spacial score (nSPS) is 17.8. The van der Waals surface area contributed by atoms with Crippen molar-refractivity contribution in [2.45, 2.75) is 46.1 Å². The fraction of sp³-hybridized carbons (Fsp3) is 0.692. The largest absolute Gasteiger partial charge is 0.381 e. The van der Waals surface area contributed by atoms with Crippen molar-refractivity contribution in [2.75, 3.05) is 13.6 Å². The van der Waals surface area contributed by atoms with Crippen LogP contribution in [0.25, 0.3) is 0 Å². The topological polar surface area (TPSA) is 23.5 Å². The number of hydrogen-bond donors (Lipinski definition) is 1. The summed E-state index contributed by atoms with van der Waals surface area (Å²) in [5, 5.41) is 10.7. The van der Waals surface area contributed by atoms with Gasteiger partial charge < -0.3 is 5.11 Å². The van der Waals surface area contributed by atoms with Gasteiger partial charge in [-0.2, -0.15) is 0 Å². The lowest BCUT2D eigenvalue weighted by atomic mass is 9.83. The summed E-state index contributed by atoms with van der Waals surface area (Å²) in [6.45, 7) is 8.96. The molecule has 0 aromatic carbocycles. The van der Waals surface area contributed by atoms with E-state index in [0.717, 1.165) is 30.5 Å². The average molecular weight is 337 g/mol. The summed E-state index contributed by atoms with van der Waals surface area (Å²) < 4.78 is 2.12. The number of hydrogen-bond acceptors (Lipinski definition) is 2. The molecule has 0 amide bonds. The van der Waals surface area contributed by atoms with Gasteiger partial charge in [0, 0.05) is 29.4 Å². The summed E-state index contributed by atoms with van der Waals surface area (Å²) in [5.74, 6) is 0. The number of aliphatic hydroxyl groups is 1. The first-order valence-electron chi connectivity index (χ1n) is 5.74. The molecule has 0 spiro atoms. The van der Waals surface area contributed by atoms with E-state index in [1.165, 1.54) is 0 Å². The summed E-state index contributed by atoms with van der Waals surface area (Å²) in [6.07, 6.45) is 5.78. The predicted molar refractivity (Wildman–Crippen MR) is 79.7 cm³/mol. The Morgan fingerprint density at radius 2 is 1.69 bits per heavy atom. The molecule has 1 N–H and O–H groups in total. The molecule has 0 radical (unpaired) electrons. The highest BCUT2D eigenvalue weighted by Gasteiger charge is 2.29. The van der Waals surface area contributed by atoms with Crippen LogP contribution >= 0.6 is 22.9 Å². The second-order valence-corrected chi connectivity index (χ2v) is 5.88. The molecule has 0 rings (SSSR count).